The number of ether oxygens (including phenoxy) is 1. The van der Waals surface area contributed by atoms with Crippen LogP contribution in [0.1, 0.15) is 15.2 Å². The first-order valence-corrected chi connectivity index (χ1v) is 7.33. The summed E-state index contributed by atoms with van der Waals surface area (Å²) in [6, 6.07) is 11.2. The Hall–Kier alpha value is -2.34. The van der Waals surface area contributed by atoms with Crippen LogP contribution in [0.25, 0.3) is 0 Å². The molecule has 0 saturated heterocycles. The molecule has 0 aliphatic rings. The van der Waals surface area contributed by atoms with Crippen molar-refractivity contribution in [2.45, 2.75) is 6.42 Å². The lowest BCUT2D eigenvalue weighted by Crippen LogP contribution is -2.30. The second-order valence-electron chi connectivity index (χ2n) is 4.27. The topological polar surface area (TPSA) is 67.4 Å². The predicted octanol–water partition coefficient (Wildman–Crippen LogP) is 2.90. The van der Waals surface area contributed by atoms with Crippen LogP contribution in [0.5, 0.6) is 0 Å². The van der Waals surface area contributed by atoms with Crippen LogP contribution >= 0.6 is 11.3 Å². The van der Waals surface area contributed by atoms with Crippen LogP contribution in [0, 0.1) is 0 Å². The van der Waals surface area contributed by atoms with E-state index in [4.69, 9.17) is 0 Å². The minimum Gasteiger partial charge on any atom is -0.465 e. The highest BCUT2D eigenvalue weighted by Gasteiger charge is 2.15. The summed E-state index contributed by atoms with van der Waals surface area (Å²) in [5, 5.41) is 7.14. The van der Waals surface area contributed by atoms with Crippen molar-refractivity contribution in [3.05, 3.63) is 52.2 Å². The second kappa shape index (κ2) is 7.44. The fourth-order valence-corrected chi connectivity index (χ4v) is 2.56. The number of amides is 2. The zero-order valence-corrected chi connectivity index (χ0v) is 12.4. The molecule has 1 heterocycles. The molecule has 0 radical (unpaired) electrons. The Balaban J connectivity index is 1.82. The van der Waals surface area contributed by atoms with E-state index < -0.39 is 5.97 Å². The number of thiophene rings is 1. The average molecular weight is 304 g/mol. The summed E-state index contributed by atoms with van der Waals surface area (Å²) in [5.41, 5.74) is 1.62. The van der Waals surface area contributed by atoms with Crippen LogP contribution in [-0.4, -0.2) is 25.7 Å². The van der Waals surface area contributed by atoms with Gasteiger partial charge in [-0.25, -0.2) is 9.59 Å². The number of esters is 1. The van der Waals surface area contributed by atoms with Gasteiger partial charge in [-0.2, -0.15) is 0 Å². The van der Waals surface area contributed by atoms with Gasteiger partial charge in [0.1, 0.15) is 4.88 Å². The molecule has 1 aromatic carbocycles. The molecule has 2 N–H and O–H groups in total. The quantitative estimate of drug-likeness (QED) is 0.835. The van der Waals surface area contributed by atoms with E-state index in [0.717, 1.165) is 12.0 Å². The summed E-state index contributed by atoms with van der Waals surface area (Å²) in [6.45, 7) is 0.521. The maximum Gasteiger partial charge on any atom is 0.350 e. The van der Waals surface area contributed by atoms with Crippen molar-refractivity contribution in [1.29, 1.82) is 0 Å². The first kappa shape index (κ1) is 15.1. The third-order valence-corrected chi connectivity index (χ3v) is 3.72. The Morgan fingerprint density at radius 2 is 1.95 bits per heavy atom. The van der Waals surface area contributed by atoms with E-state index in [0.29, 0.717) is 17.1 Å². The van der Waals surface area contributed by atoms with E-state index in [1.165, 1.54) is 18.4 Å². The van der Waals surface area contributed by atoms with Crippen LogP contribution in [0.2, 0.25) is 0 Å². The summed E-state index contributed by atoms with van der Waals surface area (Å²) in [7, 11) is 1.31. The molecule has 0 aliphatic heterocycles. The van der Waals surface area contributed by atoms with E-state index in [-0.39, 0.29) is 6.03 Å². The highest BCUT2D eigenvalue weighted by Crippen LogP contribution is 2.22. The minimum absolute atomic E-state index is 0.338. The normalized spacial score (nSPS) is 9.95. The van der Waals surface area contributed by atoms with E-state index in [1.54, 1.807) is 11.4 Å². The van der Waals surface area contributed by atoms with Gasteiger partial charge in [-0.1, -0.05) is 30.3 Å². The van der Waals surface area contributed by atoms with E-state index in [1.807, 2.05) is 30.3 Å². The molecule has 2 rings (SSSR count). The molecule has 6 heteroatoms. The van der Waals surface area contributed by atoms with Crippen molar-refractivity contribution >= 4 is 29.0 Å². The fourth-order valence-electron chi connectivity index (χ4n) is 1.79. The minimum atomic E-state index is -0.454. The van der Waals surface area contributed by atoms with Gasteiger partial charge in [-0.15, -0.1) is 11.3 Å². The molecular formula is C15H16N2O3S. The van der Waals surface area contributed by atoms with E-state index in [2.05, 4.69) is 15.4 Å². The summed E-state index contributed by atoms with van der Waals surface area (Å²) < 4.78 is 4.66. The molecule has 0 saturated carbocycles. The Morgan fingerprint density at radius 3 is 2.67 bits per heavy atom. The van der Waals surface area contributed by atoms with Gasteiger partial charge in [-0.3, -0.25) is 0 Å². The van der Waals surface area contributed by atoms with Crippen molar-refractivity contribution in [3.8, 4) is 0 Å². The van der Waals surface area contributed by atoms with Gasteiger partial charge in [0.25, 0.3) is 0 Å². The average Bonchev–Trinajstić information content (AvgIpc) is 2.95. The number of carbonyl (C=O) groups excluding carboxylic acids is 2. The Bertz CT molecular complexity index is 610. The molecule has 0 bridgehead atoms. The molecule has 21 heavy (non-hydrogen) atoms. The van der Waals surface area contributed by atoms with Crippen molar-refractivity contribution in [3.63, 3.8) is 0 Å². The number of nitrogens with one attached hydrogen (secondary N) is 2. The standard InChI is InChI=1S/C15H16N2O3S/c1-20-14(18)13-12(8-10-21-13)17-15(19)16-9-7-11-5-3-2-4-6-11/h2-6,8,10H,7,9H2,1H3,(H2,16,17,19). The van der Waals surface area contributed by atoms with Crippen LogP contribution < -0.4 is 10.6 Å². The van der Waals surface area contributed by atoms with Gasteiger partial charge in [0.2, 0.25) is 0 Å². The van der Waals surface area contributed by atoms with E-state index >= 15 is 0 Å². The smallest absolute Gasteiger partial charge is 0.350 e. The fraction of sp³-hybridized carbons (Fsp3) is 0.200. The molecule has 2 aromatic rings. The Kier molecular flexibility index (Phi) is 5.34. The number of rotatable bonds is 5. The molecule has 5 nitrogen and oxygen atoms in total. The van der Waals surface area contributed by atoms with Gasteiger partial charge < -0.3 is 15.4 Å². The SMILES string of the molecule is COC(=O)c1sccc1NC(=O)NCCc1ccccc1. The Labute approximate surface area is 126 Å². The van der Waals surface area contributed by atoms with Gasteiger partial charge in [0.15, 0.2) is 0 Å². The molecule has 0 unspecified atom stereocenters. The second-order valence-corrected chi connectivity index (χ2v) is 5.19. The number of hydrogen-bond acceptors (Lipinski definition) is 4. The molecule has 1 aromatic heterocycles. The third kappa shape index (κ3) is 4.32. The first-order valence-electron chi connectivity index (χ1n) is 6.45. The molecule has 0 atom stereocenters. The highest BCUT2D eigenvalue weighted by atomic mass is 32.1. The molecule has 0 fully saturated rings. The number of urea groups is 1. The molecule has 0 spiro atoms. The monoisotopic (exact) mass is 304 g/mol. The first-order chi connectivity index (χ1) is 10.2. The number of methoxy groups -OCH3 is 1. The van der Waals surface area contributed by atoms with Crippen LogP contribution in [0.4, 0.5) is 10.5 Å². The molecular weight excluding hydrogens is 288 g/mol. The predicted molar refractivity (Wildman–Crippen MR) is 82.8 cm³/mol. The zero-order chi connectivity index (χ0) is 15.1. The largest absolute Gasteiger partial charge is 0.465 e. The van der Waals surface area contributed by atoms with Crippen molar-refractivity contribution in [2.75, 3.05) is 19.0 Å². The lowest BCUT2D eigenvalue weighted by Gasteiger charge is -2.07. The lowest BCUT2D eigenvalue weighted by atomic mass is 10.1. The van der Waals surface area contributed by atoms with Crippen LogP contribution in [0.3, 0.4) is 0 Å². The van der Waals surface area contributed by atoms with Crippen molar-refractivity contribution in [2.24, 2.45) is 0 Å². The highest BCUT2D eigenvalue weighted by molar-refractivity contribution is 7.12. The van der Waals surface area contributed by atoms with Crippen molar-refractivity contribution in [1.82, 2.24) is 5.32 Å². The molecule has 2 amide bonds. The van der Waals surface area contributed by atoms with Crippen LogP contribution in [0.15, 0.2) is 41.8 Å². The Morgan fingerprint density at radius 1 is 1.19 bits per heavy atom. The number of benzene rings is 1. The van der Waals surface area contributed by atoms with Gasteiger partial charge >= 0.3 is 12.0 Å². The van der Waals surface area contributed by atoms with E-state index in [9.17, 15) is 9.59 Å². The molecule has 110 valence electrons. The summed E-state index contributed by atoms with van der Waals surface area (Å²) in [4.78, 5) is 23.7. The maximum atomic E-state index is 11.8. The number of anilines is 1. The van der Waals surface area contributed by atoms with Gasteiger partial charge in [0.05, 0.1) is 12.8 Å². The summed E-state index contributed by atoms with van der Waals surface area (Å²) in [6.07, 6.45) is 0.752. The summed E-state index contributed by atoms with van der Waals surface area (Å²) in [5.74, 6) is -0.454. The van der Waals surface area contributed by atoms with Crippen molar-refractivity contribution < 1.29 is 14.3 Å². The lowest BCUT2D eigenvalue weighted by molar-refractivity contribution is 0.0607. The number of hydrogen-bond donors (Lipinski definition) is 2. The van der Waals surface area contributed by atoms with Crippen LogP contribution in [-0.2, 0) is 11.2 Å². The third-order valence-electron chi connectivity index (χ3n) is 2.83. The van der Waals surface area contributed by atoms with Gasteiger partial charge in [0, 0.05) is 6.54 Å². The molecule has 0 aliphatic carbocycles. The van der Waals surface area contributed by atoms with Gasteiger partial charge in [-0.05, 0) is 23.4 Å². The number of carbonyl (C=O) groups is 2. The zero-order valence-electron chi connectivity index (χ0n) is 11.6. The summed E-state index contributed by atoms with van der Waals surface area (Å²) >= 11 is 1.23. The maximum absolute atomic E-state index is 11.8.